The van der Waals surface area contributed by atoms with Crippen LogP contribution in [-0.2, 0) is 12.6 Å². The summed E-state index contributed by atoms with van der Waals surface area (Å²) < 4.78 is 38.1. The summed E-state index contributed by atoms with van der Waals surface area (Å²) in [7, 11) is 0. The molecule has 2 aromatic rings. The summed E-state index contributed by atoms with van der Waals surface area (Å²) in [5.41, 5.74) is 3.39. The van der Waals surface area contributed by atoms with Gasteiger partial charge in [-0.3, -0.25) is 0 Å². The molecule has 0 unspecified atom stereocenters. The molecule has 4 heteroatoms. The van der Waals surface area contributed by atoms with Crippen LogP contribution >= 0.6 is 11.3 Å². The minimum absolute atomic E-state index is 0.530. The lowest BCUT2D eigenvalue weighted by Crippen LogP contribution is -2.00. The average molecular weight is 310 g/mol. The van der Waals surface area contributed by atoms with Gasteiger partial charge in [-0.1, -0.05) is 31.0 Å². The van der Waals surface area contributed by atoms with E-state index in [1.54, 1.807) is 6.07 Å². The minimum Gasteiger partial charge on any atom is -0.165 e. The first-order valence-corrected chi connectivity index (χ1v) is 8.02. The molecule has 0 amide bonds. The molecule has 21 heavy (non-hydrogen) atoms. The minimum atomic E-state index is -4.25. The Morgan fingerprint density at radius 1 is 1.14 bits per heavy atom. The molecule has 0 atom stereocenters. The number of hydrogen-bond donors (Lipinski definition) is 0. The predicted molar refractivity (Wildman–Crippen MR) is 80.5 cm³/mol. The van der Waals surface area contributed by atoms with E-state index in [4.69, 9.17) is 0 Å². The number of thiophene rings is 1. The van der Waals surface area contributed by atoms with Gasteiger partial charge in [0.05, 0.1) is 0 Å². The highest BCUT2D eigenvalue weighted by Crippen LogP contribution is 2.39. The Morgan fingerprint density at radius 2 is 1.90 bits per heavy atom. The van der Waals surface area contributed by atoms with Gasteiger partial charge in [-0.2, -0.15) is 13.2 Å². The first-order valence-electron chi connectivity index (χ1n) is 7.20. The molecule has 1 saturated carbocycles. The second-order valence-electron chi connectivity index (χ2n) is 5.78. The van der Waals surface area contributed by atoms with Crippen molar-refractivity contribution in [3.05, 3.63) is 46.3 Å². The smallest absolute Gasteiger partial charge is 0.165 e. The molecule has 0 bridgehead atoms. The third kappa shape index (κ3) is 3.49. The SMILES string of the molecule is Cc1ccc(-c2ccc(C(F)(F)F)s2)cc1CCC1CC1. The molecule has 0 aliphatic heterocycles. The lowest BCUT2D eigenvalue weighted by Gasteiger charge is -2.08. The zero-order valence-corrected chi connectivity index (χ0v) is 12.7. The molecule has 0 spiro atoms. The molecule has 1 aliphatic rings. The second-order valence-corrected chi connectivity index (χ2v) is 6.87. The second kappa shape index (κ2) is 5.48. The zero-order valence-electron chi connectivity index (χ0n) is 11.8. The fourth-order valence-corrected chi connectivity index (χ4v) is 3.38. The number of alkyl halides is 3. The van der Waals surface area contributed by atoms with Crippen molar-refractivity contribution in [2.45, 2.75) is 38.8 Å². The van der Waals surface area contributed by atoms with Gasteiger partial charge in [0.1, 0.15) is 4.88 Å². The summed E-state index contributed by atoms with van der Waals surface area (Å²) in [6.07, 6.45) is 0.643. The molecule has 0 nitrogen and oxygen atoms in total. The molecule has 112 valence electrons. The van der Waals surface area contributed by atoms with Crippen molar-refractivity contribution in [3.8, 4) is 10.4 Å². The summed E-state index contributed by atoms with van der Waals surface area (Å²) in [6, 6.07) is 8.74. The number of halogens is 3. The third-order valence-corrected chi connectivity index (χ3v) is 5.22. The summed E-state index contributed by atoms with van der Waals surface area (Å²) >= 11 is 0.819. The highest BCUT2D eigenvalue weighted by Gasteiger charge is 2.32. The maximum absolute atomic E-state index is 12.7. The van der Waals surface area contributed by atoms with E-state index in [9.17, 15) is 13.2 Å². The molecule has 1 fully saturated rings. The standard InChI is InChI=1S/C17H17F3S/c1-11-2-6-14(10-13(11)7-5-12-3-4-12)15-8-9-16(21-15)17(18,19)20/h2,6,8-10,12H,3-5,7H2,1H3. The molecular formula is C17H17F3S. The first-order chi connectivity index (χ1) is 9.93. The Hall–Kier alpha value is -1.29. The third-order valence-electron chi connectivity index (χ3n) is 4.04. The molecule has 1 aromatic carbocycles. The Kier molecular flexibility index (Phi) is 3.82. The Labute approximate surface area is 126 Å². The van der Waals surface area contributed by atoms with Crippen LogP contribution in [0.1, 0.15) is 35.3 Å². The number of hydrogen-bond acceptors (Lipinski definition) is 1. The van der Waals surface area contributed by atoms with Gasteiger partial charge in [-0.05, 0) is 54.5 Å². The van der Waals surface area contributed by atoms with E-state index >= 15 is 0 Å². The number of benzene rings is 1. The van der Waals surface area contributed by atoms with Crippen molar-refractivity contribution >= 4 is 11.3 Å². The topological polar surface area (TPSA) is 0 Å². The normalized spacial score (nSPS) is 15.4. The van der Waals surface area contributed by atoms with Gasteiger partial charge < -0.3 is 0 Å². The maximum atomic E-state index is 12.7. The van der Waals surface area contributed by atoms with Crippen LogP contribution in [0.4, 0.5) is 13.2 Å². The van der Waals surface area contributed by atoms with E-state index in [0.29, 0.717) is 4.88 Å². The van der Waals surface area contributed by atoms with Crippen molar-refractivity contribution < 1.29 is 13.2 Å². The van der Waals surface area contributed by atoms with Crippen LogP contribution in [0.3, 0.4) is 0 Å². The van der Waals surface area contributed by atoms with Crippen LogP contribution in [-0.4, -0.2) is 0 Å². The highest BCUT2D eigenvalue weighted by molar-refractivity contribution is 7.15. The van der Waals surface area contributed by atoms with Gasteiger partial charge in [-0.25, -0.2) is 0 Å². The summed E-state index contributed by atoms with van der Waals surface area (Å²) in [4.78, 5) is 0.160. The molecule has 0 saturated heterocycles. The van der Waals surface area contributed by atoms with E-state index in [2.05, 4.69) is 13.0 Å². The van der Waals surface area contributed by atoms with Gasteiger partial charge in [0.25, 0.3) is 0 Å². The summed E-state index contributed by atoms with van der Waals surface area (Å²) in [6.45, 7) is 2.07. The molecule has 1 heterocycles. The van der Waals surface area contributed by atoms with Crippen molar-refractivity contribution in [1.82, 2.24) is 0 Å². The van der Waals surface area contributed by atoms with Crippen LogP contribution < -0.4 is 0 Å². The van der Waals surface area contributed by atoms with Crippen molar-refractivity contribution in [2.24, 2.45) is 5.92 Å². The summed E-state index contributed by atoms with van der Waals surface area (Å²) in [5, 5.41) is 0. The van der Waals surface area contributed by atoms with Crippen molar-refractivity contribution in [1.29, 1.82) is 0 Å². The van der Waals surface area contributed by atoms with E-state index in [0.717, 1.165) is 29.2 Å². The zero-order chi connectivity index (χ0) is 15.0. The lowest BCUT2D eigenvalue weighted by atomic mass is 9.99. The van der Waals surface area contributed by atoms with Crippen LogP contribution in [0.2, 0.25) is 0 Å². The van der Waals surface area contributed by atoms with Gasteiger partial charge in [0.15, 0.2) is 0 Å². The molecule has 1 aliphatic carbocycles. The van der Waals surface area contributed by atoms with E-state index < -0.39 is 11.1 Å². The molecule has 0 radical (unpaired) electrons. The fraction of sp³-hybridized carbons (Fsp3) is 0.412. The molecule has 3 rings (SSSR count). The molecular weight excluding hydrogens is 293 g/mol. The monoisotopic (exact) mass is 310 g/mol. The van der Waals surface area contributed by atoms with Crippen LogP contribution in [0.5, 0.6) is 0 Å². The Morgan fingerprint density at radius 3 is 2.52 bits per heavy atom. The first kappa shape index (κ1) is 14.6. The van der Waals surface area contributed by atoms with Gasteiger partial charge in [-0.15, -0.1) is 11.3 Å². The van der Waals surface area contributed by atoms with Crippen molar-refractivity contribution in [2.75, 3.05) is 0 Å². The maximum Gasteiger partial charge on any atom is 0.425 e. The number of rotatable bonds is 4. The quantitative estimate of drug-likeness (QED) is 0.641. The largest absolute Gasteiger partial charge is 0.425 e. The Balaban J connectivity index is 1.84. The van der Waals surface area contributed by atoms with Gasteiger partial charge in [0.2, 0.25) is 0 Å². The molecule has 0 N–H and O–H groups in total. The van der Waals surface area contributed by atoms with E-state index in [1.807, 2.05) is 12.1 Å². The Bertz CT molecular complexity index is 636. The van der Waals surface area contributed by atoms with E-state index in [-0.39, 0.29) is 0 Å². The van der Waals surface area contributed by atoms with Gasteiger partial charge in [0, 0.05) is 4.88 Å². The highest BCUT2D eigenvalue weighted by atomic mass is 32.1. The fourth-order valence-electron chi connectivity index (χ4n) is 2.51. The average Bonchev–Trinajstić information content (AvgIpc) is 3.10. The van der Waals surface area contributed by atoms with E-state index in [1.165, 1.54) is 36.5 Å². The lowest BCUT2D eigenvalue weighted by molar-refractivity contribution is -0.134. The van der Waals surface area contributed by atoms with Crippen LogP contribution in [0, 0.1) is 12.8 Å². The van der Waals surface area contributed by atoms with Gasteiger partial charge >= 0.3 is 6.18 Å². The number of aryl methyl sites for hydroxylation is 2. The molecule has 1 aromatic heterocycles. The van der Waals surface area contributed by atoms with Crippen LogP contribution in [0.15, 0.2) is 30.3 Å². The summed E-state index contributed by atoms with van der Waals surface area (Å²) in [5.74, 6) is 0.867. The van der Waals surface area contributed by atoms with Crippen LogP contribution in [0.25, 0.3) is 10.4 Å². The van der Waals surface area contributed by atoms with Crippen molar-refractivity contribution in [3.63, 3.8) is 0 Å². The predicted octanol–water partition coefficient (Wildman–Crippen LogP) is 6.08.